The Morgan fingerprint density at radius 1 is 1.04 bits per heavy atom. The summed E-state index contributed by atoms with van der Waals surface area (Å²) >= 11 is 6.74. The fraction of sp³-hybridized carbons (Fsp3) is 0.0588. The van der Waals surface area contributed by atoms with E-state index in [1.165, 1.54) is 5.51 Å². The van der Waals surface area contributed by atoms with Crippen molar-refractivity contribution in [2.45, 2.75) is 6.18 Å². The van der Waals surface area contributed by atoms with Crippen LogP contribution in [0.25, 0.3) is 0 Å². The number of carbonyl (C=O) groups is 2. The van der Waals surface area contributed by atoms with Gasteiger partial charge in [0.1, 0.15) is 5.00 Å². The average Bonchev–Trinajstić information content (AvgIpc) is 3.11. The minimum Gasteiger partial charge on any atom is -0.321 e. The Labute approximate surface area is 165 Å². The predicted octanol–water partition coefficient (Wildman–Crippen LogP) is 4.71. The minimum atomic E-state index is -4.63. The molecule has 3 rings (SSSR count). The Morgan fingerprint density at radius 3 is 2.43 bits per heavy atom. The van der Waals surface area contributed by atoms with Gasteiger partial charge in [0, 0.05) is 23.1 Å². The number of pyridine rings is 1. The highest BCUT2D eigenvalue weighted by molar-refractivity contribution is 7.14. The smallest absolute Gasteiger partial charge is 0.321 e. The van der Waals surface area contributed by atoms with Crippen molar-refractivity contribution in [3.63, 3.8) is 0 Å². The fourth-order valence-electron chi connectivity index (χ4n) is 2.11. The number of carbonyl (C=O) groups excluding carboxylic acids is 2. The third kappa shape index (κ3) is 4.65. The number of halogens is 4. The molecule has 6 nitrogen and oxygen atoms in total. The van der Waals surface area contributed by atoms with Gasteiger partial charge in [0.05, 0.1) is 16.6 Å². The molecule has 0 saturated heterocycles. The monoisotopic (exact) mass is 426 g/mol. The molecule has 2 aromatic heterocycles. The minimum absolute atomic E-state index is 0.0757. The molecule has 28 heavy (non-hydrogen) atoms. The number of rotatable bonds is 4. The zero-order valence-electron chi connectivity index (χ0n) is 13.7. The van der Waals surface area contributed by atoms with Crippen LogP contribution in [-0.2, 0) is 6.18 Å². The SMILES string of the molecule is O=C(Nc1scnc1C(=O)Nc1ccc(Cl)cc1)c1cncc(C(F)(F)F)c1. The Bertz CT molecular complexity index is 1020. The molecule has 2 N–H and O–H groups in total. The van der Waals surface area contributed by atoms with Gasteiger partial charge >= 0.3 is 6.18 Å². The third-order valence-electron chi connectivity index (χ3n) is 3.44. The van der Waals surface area contributed by atoms with Gasteiger partial charge < -0.3 is 10.6 Å². The largest absolute Gasteiger partial charge is 0.417 e. The van der Waals surface area contributed by atoms with E-state index >= 15 is 0 Å². The molecule has 144 valence electrons. The van der Waals surface area contributed by atoms with Crippen LogP contribution >= 0.6 is 22.9 Å². The van der Waals surface area contributed by atoms with Crippen LogP contribution in [0.4, 0.5) is 23.9 Å². The summed E-state index contributed by atoms with van der Waals surface area (Å²) in [6.07, 6.45) is -3.01. The first-order valence-electron chi connectivity index (χ1n) is 7.58. The lowest BCUT2D eigenvalue weighted by Crippen LogP contribution is -2.18. The molecule has 11 heteroatoms. The molecule has 0 atom stereocenters. The highest BCUT2D eigenvalue weighted by atomic mass is 35.5. The van der Waals surface area contributed by atoms with Crippen LogP contribution in [0.15, 0.2) is 48.2 Å². The number of nitrogens with zero attached hydrogens (tertiary/aromatic N) is 2. The van der Waals surface area contributed by atoms with Crippen LogP contribution < -0.4 is 10.6 Å². The first-order valence-corrected chi connectivity index (χ1v) is 8.84. The standard InChI is InChI=1S/C17H10ClF3N4O2S/c18-11-1-3-12(4-2-11)24-15(27)13-16(28-8-23-13)25-14(26)9-5-10(7-22-6-9)17(19,20)21/h1-8H,(H,24,27)(H,25,26). The Balaban J connectivity index is 1.76. The predicted molar refractivity (Wildman–Crippen MR) is 98.7 cm³/mol. The number of aromatic nitrogens is 2. The second kappa shape index (κ2) is 7.95. The number of amides is 2. The summed E-state index contributed by atoms with van der Waals surface area (Å²) in [6, 6.07) is 7.01. The number of anilines is 2. The zero-order valence-corrected chi connectivity index (χ0v) is 15.3. The molecule has 0 aliphatic rings. The van der Waals surface area contributed by atoms with E-state index < -0.39 is 23.6 Å². The van der Waals surface area contributed by atoms with Crippen LogP contribution in [0.2, 0.25) is 5.02 Å². The summed E-state index contributed by atoms with van der Waals surface area (Å²) in [5.74, 6) is -1.44. The number of hydrogen-bond acceptors (Lipinski definition) is 5. The molecule has 0 saturated carbocycles. The lowest BCUT2D eigenvalue weighted by Gasteiger charge is -2.09. The average molecular weight is 427 g/mol. The van der Waals surface area contributed by atoms with E-state index in [0.717, 1.165) is 17.5 Å². The number of thiazole rings is 1. The molecule has 0 spiro atoms. The fourth-order valence-corrected chi connectivity index (χ4v) is 2.91. The van der Waals surface area contributed by atoms with E-state index in [4.69, 9.17) is 11.6 Å². The van der Waals surface area contributed by atoms with Crippen molar-refractivity contribution < 1.29 is 22.8 Å². The van der Waals surface area contributed by atoms with Crippen molar-refractivity contribution >= 4 is 45.4 Å². The maximum absolute atomic E-state index is 12.8. The second-order valence-corrected chi connectivity index (χ2v) is 6.70. The van der Waals surface area contributed by atoms with E-state index in [-0.39, 0.29) is 16.3 Å². The van der Waals surface area contributed by atoms with Crippen molar-refractivity contribution in [2.75, 3.05) is 10.6 Å². The normalized spacial score (nSPS) is 11.1. The maximum atomic E-state index is 12.8. The van der Waals surface area contributed by atoms with E-state index in [9.17, 15) is 22.8 Å². The van der Waals surface area contributed by atoms with Gasteiger partial charge in [-0.25, -0.2) is 4.98 Å². The highest BCUT2D eigenvalue weighted by Crippen LogP contribution is 2.29. The third-order valence-corrected chi connectivity index (χ3v) is 4.43. The van der Waals surface area contributed by atoms with E-state index in [0.29, 0.717) is 23.0 Å². The molecule has 1 aromatic carbocycles. The van der Waals surface area contributed by atoms with Gasteiger partial charge in [-0.2, -0.15) is 13.2 Å². The van der Waals surface area contributed by atoms with Crippen LogP contribution in [0.1, 0.15) is 26.4 Å². The zero-order chi connectivity index (χ0) is 20.3. The van der Waals surface area contributed by atoms with E-state index in [1.807, 2.05) is 0 Å². The first-order chi connectivity index (χ1) is 13.2. The summed E-state index contributed by atoms with van der Waals surface area (Å²) in [6.45, 7) is 0. The molecular weight excluding hydrogens is 417 g/mol. The Morgan fingerprint density at radius 2 is 1.75 bits per heavy atom. The summed E-state index contributed by atoms with van der Waals surface area (Å²) in [5, 5.41) is 5.56. The van der Waals surface area contributed by atoms with Gasteiger partial charge in [-0.15, -0.1) is 11.3 Å². The van der Waals surface area contributed by atoms with E-state index in [2.05, 4.69) is 20.6 Å². The number of hydrogen-bond donors (Lipinski definition) is 2. The molecule has 0 unspecified atom stereocenters. The molecule has 0 aliphatic heterocycles. The number of nitrogens with one attached hydrogen (secondary N) is 2. The van der Waals surface area contributed by atoms with Crippen molar-refractivity contribution in [3.05, 3.63) is 70.1 Å². The van der Waals surface area contributed by atoms with Gasteiger partial charge in [0.2, 0.25) is 0 Å². The van der Waals surface area contributed by atoms with E-state index in [1.54, 1.807) is 24.3 Å². The second-order valence-electron chi connectivity index (χ2n) is 5.41. The lowest BCUT2D eigenvalue weighted by molar-refractivity contribution is -0.137. The van der Waals surface area contributed by atoms with Crippen molar-refractivity contribution in [3.8, 4) is 0 Å². The molecule has 3 aromatic rings. The molecule has 2 heterocycles. The maximum Gasteiger partial charge on any atom is 0.417 e. The van der Waals surface area contributed by atoms with Crippen molar-refractivity contribution in [1.29, 1.82) is 0 Å². The van der Waals surface area contributed by atoms with Gasteiger partial charge in [0.25, 0.3) is 11.8 Å². The summed E-state index contributed by atoms with van der Waals surface area (Å²) in [7, 11) is 0. The summed E-state index contributed by atoms with van der Waals surface area (Å²) in [4.78, 5) is 32.0. The topological polar surface area (TPSA) is 84.0 Å². The number of benzene rings is 1. The highest BCUT2D eigenvalue weighted by Gasteiger charge is 2.31. The molecule has 0 aliphatic carbocycles. The van der Waals surface area contributed by atoms with Crippen LogP contribution in [0, 0.1) is 0 Å². The van der Waals surface area contributed by atoms with Gasteiger partial charge in [-0.05, 0) is 30.3 Å². The Hall–Kier alpha value is -2.98. The van der Waals surface area contributed by atoms with Gasteiger partial charge in [-0.3, -0.25) is 14.6 Å². The number of alkyl halides is 3. The summed E-state index contributed by atoms with van der Waals surface area (Å²) < 4.78 is 38.3. The quantitative estimate of drug-likeness (QED) is 0.632. The van der Waals surface area contributed by atoms with Crippen molar-refractivity contribution in [1.82, 2.24) is 9.97 Å². The first kappa shape index (κ1) is 19.8. The molecule has 0 bridgehead atoms. The summed E-state index contributed by atoms with van der Waals surface area (Å²) in [5.41, 5.74) is 0.365. The van der Waals surface area contributed by atoms with Gasteiger partial charge in [0.15, 0.2) is 5.69 Å². The molecule has 2 amide bonds. The lowest BCUT2D eigenvalue weighted by atomic mass is 10.2. The van der Waals surface area contributed by atoms with Crippen LogP contribution in [0.5, 0.6) is 0 Å². The van der Waals surface area contributed by atoms with Crippen molar-refractivity contribution in [2.24, 2.45) is 0 Å². The molecule has 0 radical (unpaired) electrons. The Kier molecular flexibility index (Phi) is 5.61. The van der Waals surface area contributed by atoms with Gasteiger partial charge in [-0.1, -0.05) is 11.6 Å². The molecule has 0 fully saturated rings. The molecular formula is C17H10ClF3N4O2S. The van der Waals surface area contributed by atoms with Crippen LogP contribution in [0.3, 0.4) is 0 Å². The van der Waals surface area contributed by atoms with Crippen LogP contribution in [-0.4, -0.2) is 21.8 Å².